The molecule has 138 valence electrons. The second-order valence-corrected chi connectivity index (χ2v) is 8.03. The Balaban J connectivity index is 1.59. The molecule has 4 aromatic carbocycles. The zero-order chi connectivity index (χ0) is 19.4. The van der Waals surface area contributed by atoms with Crippen molar-refractivity contribution in [3.8, 4) is 16.8 Å². The molecule has 0 aliphatic heterocycles. The third kappa shape index (κ3) is 2.53. The first-order valence-corrected chi connectivity index (χ1v) is 10.3. The van der Waals surface area contributed by atoms with Crippen molar-refractivity contribution >= 4 is 43.8 Å². The van der Waals surface area contributed by atoms with Gasteiger partial charge < -0.3 is 0 Å². The Kier molecular flexibility index (Phi) is 3.61. The fraction of sp³-hybridized carbons (Fsp3) is 0. The van der Waals surface area contributed by atoms with E-state index in [9.17, 15) is 0 Å². The molecule has 0 atom stereocenters. The molecule has 6 aromatic rings. The van der Waals surface area contributed by atoms with Gasteiger partial charge in [0.2, 0.25) is 5.78 Å². The van der Waals surface area contributed by atoms with E-state index >= 15 is 0 Å². The lowest BCUT2D eigenvalue weighted by Gasteiger charge is -2.07. The molecule has 0 aliphatic carbocycles. The van der Waals surface area contributed by atoms with Crippen molar-refractivity contribution in [2.75, 3.05) is 0 Å². The summed E-state index contributed by atoms with van der Waals surface area (Å²) in [5.41, 5.74) is 7.95. The zero-order valence-electron chi connectivity index (χ0n) is 15.5. The van der Waals surface area contributed by atoms with Gasteiger partial charge in [0.15, 0.2) is 0 Å². The third-order valence-corrected chi connectivity index (χ3v) is 5.94. The monoisotopic (exact) mass is 437 g/mol. The Bertz CT molecular complexity index is 1490. The van der Waals surface area contributed by atoms with Crippen LogP contribution in [0.15, 0.2) is 102 Å². The number of hydrogen-bond donors (Lipinski definition) is 0. The molecular weight excluding hydrogens is 422 g/mol. The molecule has 0 aliphatic rings. The molecule has 29 heavy (non-hydrogen) atoms. The average Bonchev–Trinajstić information content (AvgIpc) is 3.29. The van der Waals surface area contributed by atoms with E-state index in [4.69, 9.17) is 4.98 Å². The van der Waals surface area contributed by atoms with Crippen LogP contribution in [0.3, 0.4) is 0 Å². The molecule has 2 aromatic heterocycles. The topological polar surface area (TPSA) is 22.2 Å². The Hall–Kier alpha value is -3.37. The molecule has 6 rings (SSSR count). The largest absolute Gasteiger partial charge is 0.278 e. The van der Waals surface area contributed by atoms with Gasteiger partial charge in [0.05, 0.1) is 22.1 Å². The summed E-state index contributed by atoms with van der Waals surface area (Å²) in [6.45, 7) is 0. The number of hydrogen-bond acceptors (Lipinski definition) is 1. The van der Waals surface area contributed by atoms with E-state index in [0.29, 0.717) is 0 Å². The lowest BCUT2D eigenvalue weighted by Crippen LogP contribution is -1.95. The van der Waals surface area contributed by atoms with Crippen molar-refractivity contribution in [1.82, 2.24) is 14.0 Å². The van der Waals surface area contributed by atoms with Crippen LogP contribution in [0.2, 0.25) is 0 Å². The summed E-state index contributed by atoms with van der Waals surface area (Å²) in [6.07, 6.45) is 0. The van der Waals surface area contributed by atoms with Crippen LogP contribution in [0.1, 0.15) is 0 Å². The van der Waals surface area contributed by atoms with Gasteiger partial charge in [0.25, 0.3) is 0 Å². The first-order valence-electron chi connectivity index (χ1n) is 9.53. The third-order valence-electron chi connectivity index (χ3n) is 5.41. The molecule has 0 amide bonds. The number of para-hydroxylation sites is 4. The predicted octanol–water partition coefficient (Wildman–Crippen LogP) is 6.86. The summed E-state index contributed by atoms with van der Waals surface area (Å²) in [5.74, 6) is 0.934. The van der Waals surface area contributed by atoms with Crippen molar-refractivity contribution < 1.29 is 0 Å². The summed E-state index contributed by atoms with van der Waals surface area (Å²) in [5, 5.41) is 0. The molecule has 2 heterocycles. The second-order valence-electron chi connectivity index (χ2n) is 7.11. The molecule has 0 spiro atoms. The van der Waals surface area contributed by atoms with Crippen LogP contribution < -0.4 is 0 Å². The number of nitrogens with zero attached hydrogens (tertiary/aromatic N) is 3. The van der Waals surface area contributed by atoms with Crippen molar-refractivity contribution in [2.45, 2.75) is 0 Å². The highest BCUT2D eigenvalue weighted by atomic mass is 79.9. The van der Waals surface area contributed by atoms with Crippen molar-refractivity contribution in [3.05, 3.63) is 102 Å². The highest BCUT2D eigenvalue weighted by Gasteiger charge is 2.16. The molecule has 0 unspecified atom stereocenters. The predicted molar refractivity (Wildman–Crippen MR) is 123 cm³/mol. The fourth-order valence-corrected chi connectivity index (χ4v) is 4.32. The molecule has 3 nitrogen and oxygen atoms in total. The maximum Gasteiger partial charge on any atom is 0.220 e. The van der Waals surface area contributed by atoms with Crippen LogP contribution in [0.4, 0.5) is 0 Å². The molecular formula is C25H16BrN3. The summed E-state index contributed by atoms with van der Waals surface area (Å²) in [7, 11) is 0. The number of benzene rings is 4. The standard InChI is InChI=1S/C25H16BrN3/c26-19-13-9-17(10-14-19)18-11-15-20(16-12-18)28-23-7-3-4-8-24(23)29-22-6-2-1-5-21(22)27-25(28)29/h1-16H. The van der Waals surface area contributed by atoms with Gasteiger partial charge in [-0.1, -0.05) is 64.5 Å². The van der Waals surface area contributed by atoms with Gasteiger partial charge in [-0.2, -0.15) is 0 Å². The number of aromatic nitrogens is 3. The van der Waals surface area contributed by atoms with E-state index < -0.39 is 0 Å². The Morgan fingerprint density at radius 1 is 0.586 bits per heavy atom. The van der Waals surface area contributed by atoms with Crippen molar-refractivity contribution in [1.29, 1.82) is 0 Å². The van der Waals surface area contributed by atoms with Gasteiger partial charge in [0, 0.05) is 10.2 Å². The lowest BCUT2D eigenvalue weighted by atomic mass is 10.1. The average molecular weight is 438 g/mol. The number of halogens is 1. The van der Waals surface area contributed by atoms with Crippen LogP contribution in [-0.2, 0) is 0 Å². The summed E-state index contributed by atoms with van der Waals surface area (Å²) < 4.78 is 5.57. The van der Waals surface area contributed by atoms with Crippen LogP contribution in [0.25, 0.3) is 44.7 Å². The van der Waals surface area contributed by atoms with Gasteiger partial charge in [-0.05, 0) is 59.7 Å². The molecule has 0 bridgehead atoms. The molecule has 0 fully saturated rings. The summed E-state index contributed by atoms with van der Waals surface area (Å²) >= 11 is 3.50. The van der Waals surface area contributed by atoms with Crippen LogP contribution >= 0.6 is 15.9 Å². The molecule has 0 radical (unpaired) electrons. The van der Waals surface area contributed by atoms with E-state index in [1.165, 1.54) is 11.1 Å². The first-order chi connectivity index (χ1) is 14.3. The highest BCUT2D eigenvalue weighted by molar-refractivity contribution is 9.10. The van der Waals surface area contributed by atoms with Crippen molar-refractivity contribution in [3.63, 3.8) is 0 Å². The van der Waals surface area contributed by atoms with E-state index in [-0.39, 0.29) is 0 Å². The summed E-state index contributed by atoms with van der Waals surface area (Å²) in [6, 6.07) is 33.9. The van der Waals surface area contributed by atoms with Crippen molar-refractivity contribution in [2.24, 2.45) is 0 Å². The molecule has 4 heteroatoms. The molecule has 0 saturated heterocycles. The Labute approximate surface area is 176 Å². The Morgan fingerprint density at radius 2 is 1.17 bits per heavy atom. The minimum Gasteiger partial charge on any atom is -0.278 e. The van der Waals surface area contributed by atoms with Gasteiger partial charge >= 0.3 is 0 Å². The van der Waals surface area contributed by atoms with E-state index in [1.54, 1.807) is 0 Å². The van der Waals surface area contributed by atoms with Crippen LogP contribution in [0.5, 0.6) is 0 Å². The minimum absolute atomic E-state index is 0.934. The van der Waals surface area contributed by atoms with E-state index in [0.717, 1.165) is 38.0 Å². The van der Waals surface area contributed by atoms with Gasteiger partial charge in [-0.25, -0.2) is 4.98 Å². The van der Waals surface area contributed by atoms with Crippen LogP contribution in [-0.4, -0.2) is 14.0 Å². The number of fused-ring (bicyclic) bond motifs is 5. The minimum atomic E-state index is 0.934. The highest BCUT2D eigenvalue weighted by Crippen LogP contribution is 2.30. The fourth-order valence-electron chi connectivity index (χ4n) is 4.05. The SMILES string of the molecule is Brc1ccc(-c2ccc(-n3c4ccccc4n4c5ccccc5nc34)cc2)cc1. The first kappa shape index (κ1) is 16.6. The Morgan fingerprint density at radius 3 is 1.90 bits per heavy atom. The molecule has 0 saturated carbocycles. The van der Waals surface area contributed by atoms with E-state index in [1.807, 2.05) is 6.07 Å². The normalized spacial score (nSPS) is 11.6. The van der Waals surface area contributed by atoms with Gasteiger partial charge in [-0.15, -0.1) is 0 Å². The second kappa shape index (κ2) is 6.33. The van der Waals surface area contributed by atoms with Gasteiger partial charge in [0.1, 0.15) is 0 Å². The van der Waals surface area contributed by atoms with Crippen LogP contribution in [0, 0.1) is 0 Å². The van der Waals surface area contributed by atoms with E-state index in [2.05, 4.69) is 116 Å². The summed E-state index contributed by atoms with van der Waals surface area (Å²) in [4.78, 5) is 4.94. The zero-order valence-corrected chi connectivity index (χ0v) is 17.0. The lowest BCUT2D eigenvalue weighted by molar-refractivity contribution is 1.11. The maximum atomic E-state index is 4.94. The smallest absolute Gasteiger partial charge is 0.220 e. The van der Waals surface area contributed by atoms with Gasteiger partial charge in [-0.3, -0.25) is 8.97 Å². The number of rotatable bonds is 2. The quantitative estimate of drug-likeness (QED) is 0.290. The molecule has 0 N–H and O–H groups in total. The number of imidazole rings is 2. The maximum absolute atomic E-state index is 4.94.